The predicted octanol–water partition coefficient (Wildman–Crippen LogP) is 14.2. The van der Waals surface area contributed by atoms with E-state index >= 15 is 0 Å². The summed E-state index contributed by atoms with van der Waals surface area (Å²) in [5.41, 5.74) is 15.8. The number of benzene rings is 8. The lowest BCUT2D eigenvalue weighted by Gasteiger charge is -2.26. The molecule has 2 heteroatoms. The van der Waals surface area contributed by atoms with Gasteiger partial charge >= 0.3 is 0 Å². The first-order valence-corrected chi connectivity index (χ1v) is 18.8. The lowest BCUT2D eigenvalue weighted by molar-refractivity contribution is 0.968. The van der Waals surface area contributed by atoms with Gasteiger partial charge in [0.05, 0.1) is 11.2 Å². The third-order valence-corrected chi connectivity index (χ3v) is 10.9. The number of anilines is 3. The van der Waals surface area contributed by atoms with Crippen LogP contribution in [0, 0.1) is 0 Å². The van der Waals surface area contributed by atoms with E-state index < -0.39 is 0 Å². The zero-order valence-electron chi connectivity index (χ0n) is 29.9. The third-order valence-electron chi connectivity index (χ3n) is 10.9. The van der Waals surface area contributed by atoms with Crippen molar-refractivity contribution < 1.29 is 0 Å². The van der Waals surface area contributed by atoms with Gasteiger partial charge in [-0.1, -0.05) is 152 Å². The summed E-state index contributed by atoms with van der Waals surface area (Å²) in [7, 11) is 0. The molecule has 0 spiro atoms. The average Bonchev–Trinajstić information content (AvgIpc) is 3.59. The highest BCUT2D eigenvalue weighted by molar-refractivity contribution is 5.97. The molecule has 1 aliphatic rings. The first kappa shape index (κ1) is 31.8. The minimum Gasteiger partial charge on any atom is -0.311 e. The van der Waals surface area contributed by atoms with Gasteiger partial charge in [0.2, 0.25) is 0 Å². The Bertz CT molecular complexity index is 2780. The topological polar surface area (TPSA) is 8.17 Å². The fraction of sp³-hybridized carbons (Fsp3) is 0.0385. The van der Waals surface area contributed by atoms with Crippen molar-refractivity contribution >= 4 is 44.8 Å². The molecule has 0 aliphatic heterocycles. The summed E-state index contributed by atoms with van der Waals surface area (Å²) in [6.45, 7) is 0. The van der Waals surface area contributed by atoms with E-state index in [0.717, 1.165) is 29.9 Å². The molecule has 1 heterocycles. The Hall–Kier alpha value is -6.90. The Morgan fingerprint density at radius 1 is 0.407 bits per heavy atom. The minimum absolute atomic E-state index is 1.07. The summed E-state index contributed by atoms with van der Waals surface area (Å²) in [5, 5.41) is 3.87. The largest absolute Gasteiger partial charge is 0.311 e. The number of aryl methyl sites for hydroxylation is 1. The van der Waals surface area contributed by atoms with Crippen LogP contribution in [0.3, 0.4) is 0 Å². The van der Waals surface area contributed by atoms with Crippen molar-refractivity contribution in [2.45, 2.75) is 12.8 Å². The molecule has 8 aromatic carbocycles. The number of fused-ring (bicyclic) bond motifs is 4. The molecule has 10 rings (SSSR count). The van der Waals surface area contributed by atoms with Crippen LogP contribution in [0.25, 0.3) is 66.8 Å². The number of nitrogens with zero attached hydrogens (tertiary/aromatic N) is 2. The zero-order valence-corrected chi connectivity index (χ0v) is 29.9. The van der Waals surface area contributed by atoms with Gasteiger partial charge in [0.25, 0.3) is 0 Å². The second-order valence-corrected chi connectivity index (χ2v) is 14.0. The van der Waals surface area contributed by atoms with Gasteiger partial charge in [-0.3, -0.25) is 0 Å². The molecule has 0 radical (unpaired) electrons. The molecular weight excluding hydrogens is 653 g/mol. The second-order valence-electron chi connectivity index (χ2n) is 14.0. The number of aromatic nitrogens is 1. The molecule has 0 saturated carbocycles. The first-order chi connectivity index (χ1) is 26.8. The molecule has 1 aliphatic carbocycles. The molecule has 0 atom stereocenters. The number of para-hydroxylation sites is 2. The van der Waals surface area contributed by atoms with Crippen LogP contribution in [-0.4, -0.2) is 4.57 Å². The zero-order chi connectivity index (χ0) is 35.8. The number of rotatable bonds is 7. The molecule has 256 valence electrons. The lowest BCUT2D eigenvalue weighted by Crippen LogP contribution is -2.10. The van der Waals surface area contributed by atoms with E-state index in [1.54, 1.807) is 0 Å². The first-order valence-electron chi connectivity index (χ1n) is 18.8. The maximum Gasteiger partial charge on any atom is 0.0540 e. The predicted molar refractivity (Wildman–Crippen MR) is 229 cm³/mol. The fourth-order valence-corrected chi connectivity index (χ4v) is 8.30. The normalized spacial score (nSPS) is 12.2. The average molecular weight is 691 g/mol. The highest BCUT2D eigenvalue weighted by Gasteiger charge is 2.20. The number of hydrogen-bond donors (Lipinski definition) is 0. The van der Waals surface area contributed by atoms with Crippen molar-refractivity contribution in [1.82, 2.24) is 4.57 Å². The second kappa shape index (κ2) is 13.6. The summed E-state index contributed by atoms with van der Waals surface area (Å²) in [6, 6.07) is 70.4. The Labute approximate surface area is 316 Å². The van der Waals surface area contributed by atoms with Crippen LogP contribution in [0.4, 0.5) is 17.1 Å². The Morgan fingerprint density at radius 2 is 0.944 bits per heavy atom. The molecule has 54 heavy (non-hydrogen) atoms. The molecule has 0 unspecified atom stereocenters. The van der Waals surface area contributed by atoms with Gasteiger partial charge in [-0.2, -0.15) is 0 Å². The summed E-state index contributed by atoms with van der Waals surface area (Å²) in [6.07, 6.45) is 6.78. The highest BCUT2D eigenvalue weighted by atomic mass is 15.1. The van der Waals surface area contributed by atoms with E-state index in [0.29, 0.717) is 0 Å². The van der Waals surface area contributed by atoms with E-state index in [4.69, 9.17) is 0 Å². The van der Waals surface area contributed by atoms with Crippen molar-refractivity contribution in [3.05, 3.63) is 211 Å². The number of hydrogen-bond acceptors (Lipinski definition) is 1. The van der Waals surface area contributed by atoms with E-state index in [1.807, 2.05) is 0 Å². The van der Waals surface area contributed by atoms with Gasteiger partial charge in [-0.05, 0) is 112 Å². The van der Waals surface area contributed by atoms with Gasteiger partial charge in [0, 0.05) is 33.7 Å². The summed E-state index contributed by atoms with van der Waals surface area (Å²) >= 11 is 0. The van der Waals surface area contributed by atoms with Gasteiger partial charge < -0.3 is 9.47 Å². The van der Waals surface area contributed by atoms with Crippen molar-refractivity contribution in [2.75, 3.05) is 4.90 Å². The maximum absolute atomic E-state index is 2.46. The van der Waals surface area contributed by atoms with Gasteiger partial charge in [-0.15, -0.1) is 0 Å². The third kappa shape index (κ3) is 5.60. The van der Waals surface area contributed by atoms with Crippen molar-refractivity contribution in [1.29, 1.82) is 0 Å². The maximum atomic E-state index is 2.46. The molecule has 9 aromatic rings. The Kier molecular flexibility index (Phi) is 8.00. The van der Waals surface area contributed by atoms with Crippen LogP contribution in [0.2, 0.25) is 0 Å². The summed E-state index contributed by atoms with van der Waals surface area (Å²) in [5.74, 6) is 0. The van der Waals surface area contributed by atoms with Crippen LogP contribution in [0.1, 0.15) is 17.7 Å². The fourth-order valence-electron chi connectivity index (χ4n) is 8.30. The monoisotopic (exact) mass is 690 g/mol. The Balaban J connectivity index is 1.06. The highest BCUT2D eigenvalue weighted by Crippen LogP contribution is 2.41. The SMILES string of the molecule is C1=Cc2c(c3ccccc3n2-c2ccccc2-c2ccc(N(c3ccc(-c4ccccc4)cc3)c3ccc(-c4cccc5ccccc45)cc3)cc2)CC1. The summed E-state index contributed by atoms with van der Waals surface area (Å²) in [4.78, 5) is 2.36. The van der Waals surface area contributed by atoms with E-state index in [-0.39, 0.29) is 0 Å². The lowest BCUT2D eigenvalue weighted by atomic mass is 9.98. The molecule has 0 fully saturated rings. The molecule has 0 amide bonds. The van der Waals surface area contributed by atoms with Gasteiger partial charge in [0.1, 0.15) is 0 Å². The van der Waals surface area contributed by atoms with Crippen LogP contribution < -0.4 is 4.90 Å². The molecule has 0 saturated heterocycles. The van der Waals surface area contributed by atoms with Crippen LogP contribution in [-0.2, 0) is 6.42 Å². The van der Waals surface area contributed by atoms with Crippen molar-refractivity contribution in [2.24, 2.45) is 0 Å². The van der Waals surface area contributed by atoms with Crippen molar-refractivity contribution in [3.63, 3.8) is 0 Å². The van der Waals surface area contributed by atoms with Crippen molar-refractivity contribution in [3.8, 4) is 39.1 Å². The molecule has 0 N–H and O–H groups in total. The van der Waals surface area contributed by atoms with Crippen LogP contribution >= 0.6 is 0 Å². The molecule has 1 aromatic heterocycles. The standard InChI is InChI=1S/C52H38N2/c1-2-13-37(14-3-1)38-25-31-42(32-26-38)53(43-33-27-40(28-34-43)46-21-12-16-39-15-4-5-17-45(39)46)44-35-29-41(30-36-44)47-18-6-9-22-50(47)54-51-23-10-7-19-48(51)49-20-8-11-24-52(49)54/h1-7,9-19,21-36H,8,20H2. The van der Waals surface area contributed by atoms with E-state index in [1.165, 1.54) is 72.0 Å². The number of allylic oxidation sites excluding steroid dienone is 1. The van der Waals surface area contributed by atoms with Crippen LogP contribution in [0.15, 0.2) is 200 Å². The van der Waals surface area contributed by atoms with E-state index in [2.05, 4.69) is 216 Å². The van der Waals surface area contributed by atoms with Gasteiger partial charge in [-0.25, -0.2) is 0 Å². The molecule has 2 nitrogen and oxygen atoms in total. The summed E-state index contributed by atoms with van der Waals surface area (Å²) < 4.78 is 2.46. The van der Waals surface area contributed by atoms with Crippen LogP contribution in [0.5, 0.6) is 0 Å². The smallest absolute Gasteiger partial charge is 0.0540 e. The minimum atomic E-state index is 1.07. The van der Waals surface area contributed by atoms with E-state index in [9.17, 15) is 0 Å². The molecular formula is C52H38N2. The van der Waals surface area contributed by atoms with Gasteiger partial charge in [0.15, 0.2) is 0 Å². The molecule has 0 bridgehead atoms. The quantitative estimate of drug-likeness (QED) is 0.162. The Morgan fingerprint density at radius 3 is 1.69 bits per heavy atom.